The van der Waals surface area contributed by atoms with Gasteiger partial charge in [0.1, 0.15) is 0 Å². The zero-order chi connectivity index (χ0) is 14.1. The van der Waals surface area contributed by atoms with Gasteiger partial charge in [-0.2, -0.15) is 0 Å². The third-order valence-electron chi connectivity index (χ3n) is 3.76. The topological polar surface area (TPSA) is 64.7 Å². The molecule has 2 N–H and O–H groups in total. The van der Waals surface area contributed by atoms with Crippen molar-refractivity contribution in [2.75, 3.05) is 38.5 Å². The van der Waals surface area contributed by atoms with Gasteiger partial charge in [-0.1, -0.05) is 6.07 Å². The van der Waals surface area contributed by atoms with Gasteiger partial charge in [-0.3, -0.25) is 15.0 Å². The number of likely N-dealkylation sites (N-methyl/N-ethyl adjacent to an activating group) is 1. The van der Waals surface area contributed by atoms with Crippen molar-refractivity contribution in [1.29, 1.82) is 0 Å². The van der Waals surface area contributed by atoms with E-state index in [1.807, 2.05) is 11.1 Å². The Labute approximate surface area is 117 Å². The maximum absolute atomic E-state index is 12.2. The van der Waals surface area contributed by atoms with E-state index in [0.717, 1.165) is 37.4 Å². The van der Waals surface area contributed by atoms with Crippen molar-refractivity contribution >= 4 is 17.5 Å². The van der Waals surface area contributed by atoms with Crippen LogP contribution in [0.25, 0.3) is 0 Å². The van der Waals surface area contributed by atoms with Crippen LogP contribution in [0.5, 0.6) is 0 Å². The number of anilines is 1. The summed E-state index contributed by atoms with van der Waals surface area (Å²) >= 11 is 0. The number of amides is 2. The second-order valence-corrected chi connectivity index (χ2v) is 5.33. The number of benzene rings is 1. The molecule has 106 valence electrons. The molecule has 0 atom stereocenters. The standard InChI is InChI=1S/C14H18N4O2/c1-17-4-6-18(7-5-17)16-14(20)11-3-2-10-9-13(19)15-12(10)8-11/h2-3,8H,4-7,9H2,1H3,(H,15,19)(H,16,20). The van der Waals surface area contributed by atoms with Gasteiger partial charge in [0, 0.05) is 37.4 Å². The van der Waals surface area contributed by atoms with Crippen LogP contribution in [0.4, 0.5) is 5.69 Å². The number of carbonyl (C=O) groups is 2. The summed E-state index contributed by atoms with van der Waals surface area (Å²) in [5.74, 6) is -0.143. The first-order valence-electron chi connectivity index (χ1n) is 6.79. The highest BCUT2D eigenvalue weighted by atomic mass is 16.2. The van der Waals surface area contributed by atoms with Gasteiger partial charge >= 0.3 is 0 Å². The lowest BCUT2D eigenvalue weighted by Gasteiger charge is -2.32. The third kappa shape index (κ3) is 2.66. The van der Waals surface area contributed by atoms with Crippen LogP contribution in [0.15, 0.2) is 18.2 Å². The summed E-state index contributed by atoms with van der Waals surface area (Å²) < 4.78 is 0. The molecule has 1 aromatic carbocycles. The Morgan fingerprint density at radius 3 is 2.75 bits per heavy atom. The second-order valence-electron chi connectivity index (χ2n) is 5.33. The van der Waals surface area contributed by atoms with Crippen molar-refractivity contribution in [3.05, 3.63) is 29.3 Å². The quantitative estimate of drug-likeness (QED) is 0.801. The van der Waals surface area contributed by atoms with Crippen LogP contribution in [0.1, 0.15) is 15.9 Å². The van der Waals surface area contributed by atoms with Gasteiger partial charge in [-0.25, -0.2) is 5.01 Å². The molecular weight excluding hydrogens is 256 g/mol. The molecule has 0 aromatic heterocycles. The Bertz CT molecular complexity index is 550. The Morgan fingerprint density at radius 1 is 1.25 bits per heavy atom. The average Bonchev–Trinajstić information content (AvgIpc) is 2.80. The number of nitrogens with zero attached hydrogens (tertiary/aromatic N) is 2. The predicted molar refractivity (Wildman–Crippen MR) is 75.3 cm³/mol. The highest BCUT2D eigenvalue weighted by molar-refractivity contribution is 6.02. The third-order valence-corrected chi connectivity index (χ3v) is 3.76. The van der Waals surface area contributed by atoms with Crippen molar-refractivity contribution in [3.63, 3.8) is 0 Å². The van der Waals surface area contributed by atoms with E-state index in [2.05, 4.69) is 22.7 Å². The monoisotopic (exact) mass is 274 g/mol. The van der Waals surface area contributed by atoms with Crippen molar-refractivity contribution in [1.82, 2.24) is 15.3 Å². The fraction of sp³-hybridized carbons (Fsp3) is 0.429. The molecular formula is C14H18N4O2. The van der Waals surface area contributed by atoms with Crippen molar-refractivity contribution < 1.29 is 9.59 Å². The van der Waals surface area contributed by atoms with Gasteiger partial charge in [0.2, 0.25) is 5.91 Å². The molecule has 1 fully saturated rings. The van der Waals surface area contributed by atoms with Gasteiger partial charge in [0.05, 0.1) is 6.42 Å². The lowest BCUT2D eigenvalue weighted by molar-refractivity contribution is -0.115. The lowest BCUT2D eigenvalue weighted by Crippen LogP contribution is -2.52. The van der Waals surface area contributed by atoms with Crippen molar-refractivity contribution in [2.45, 2.75) is 6.42 Å². The molecule has 2 heterocycles. The second kappa shape index (κ2) is 5.22. The van der Waals surface area contributed by atoms with Gasteiger partial charge in [0.25, 0.3) is 5.91 Å². The van der Waals surface area contributed by atoms with Gasteiger partial charge in [0.15, 0.2) is 0 Å². The first-order chi connectivity index (χ1) is 9.61. The number of hydrogen-bond acceptors (Lipinski definition) is 4. The lowest BCUT2D eigenvalue weighted by atomic mass is 10.1. The van der Waals surface area contributed by atoms with Gasteiger partial charge in [-0.05, 0) is 24.7 Å². The highest BCUT2D eigenvalue weighted by Crippen LogP contribution is 2.23. The van der Waals surface area contributed by atoms with E-state index < -0.39 is 0 Å². The zero-order valence-electron chi connectivity index (χ0n) is 11.5. The normalized spacial score (nSPS) is 19.6. The summed E-state index contributed by atoms with van der Waals surface area (Å²) in [5, 5.41) is 4.70. The van der Waals surface area contributed by atoms with Gasteiger partial charge in [-0.15, -0.1) is 0 Å². The van der Waals surface area contributed by atoms with E-state index in [0.29, 0.717) is 12.0 Å². The van der Waals surface area contributed by atoms with Crippen LogP contribution in [-0.4, -0.2) is 54.9 Å². The molecule has 0 unspecified atom stereocenters. The molecule has 6 nitrogen and oxygen atoms in total. The van der Waals surface area contributed by atoms with Gasteiger partial charge < -0.3 is 10.2 Å². The zero-order valence-corrected chi connectivity index (χ0v) is 11.5. The smallest absolute Gasteiger partial charge is 0.265 e. The summed E-state index contributed by atoms with van der Waals surface area (Å²) in [5.41, 5.74) is 5.19. The minimum atomic E-state index is -0.126. The molecule has 2 aliphatic rings. The molecule has 0 radical (unpaired) electrons. The number of hydrazine groups is 1. The Hall–Kier alpha value is -1.92. The summed E-state index contributed by atoms with van der Waals surface area (Å²) in [4.78, 5) is 25.7. The molecule has 20 heavy (non-hydrogen) atoms. The SMILES string of the molecule is CN1CCN(NC(=O)c2ccc3c(c2)NC(=O)C3)CC1. The molecule has 6 heteroatoms. The Balaban J connectivity index is 1.66. The van der Waals surface area contributed by atoms with Crippen LogP contribution in [0.3, 0.4) is 0 Å². The molecule has 0 spiro atoms. The van der Waals surface area contributed by atoms with E-state index >= 15 is 0 Å². The van der Waals surface area contributed by atoms with Crippen LogP contribution in [0, 0.1) is 0 Å². The number of rotatable bonds is 2. The van der Waals surface area contributed by atoms with Crippen LogP contribution in [-0.2, 0) is 11.2 Å². The number of hydrogen-bond donors (Lipinski definition) is 2. The largest absolute Gasteiger partial charge is 0.326 e. The van der Waals surface area contributed by atoms with Crippen molar-refractivity contribution in [2.24, 2.45) is 0 Å². The molecule has 3 rings (SSSR count). The molecule has 1 aromatic rings. The van der Waals surface area contributed by atoms with E-state index in [1.165, 1.54) is 0 Å². The Kier molecular flexibility index (Phi) is 3.42. The maximum atomic E-state index is 12.2. The summed E-state index contributed by atoms with van der Waals surface area (Å²) in [6.45, 7) is 3.54. The number of fused-ring (bicyclic) bond motifs is 1. The van der Waals surface area contributed by atoms with E-state index in [4.69, 9.17) is 0 Å². The van der Waals surface area contributed by atoms with E-state index in [9.17, 15) is 9.59 Å². The summed E-state index contributed by atoms with van der Waals surface area (Å²) in [7, 11) is 2.07. The van der Waals surface area contributed by atoms with Crippen molar-refractivity contribution in [3.8, 4) is 0 Å². The first kappa shape index (κ1) is 13.1. The van der Waals surface area contributed by atoms with Crippen LogP contribution < -0.4 is 10.7 Å². The highest BCUT2D eigenvalue weighted by Gasteiger charge is 2.20. The van der Waals surface area contributed by atoms with E-state index in [1.54, 1.807) is 12.1 Å². The minimum Gasteiger partial charge on any atom is -0.326 e. The fourth-order valence-corrected chi connectivity index (χ4v) is 2.48. The maximum Gasteiger partial charge on any atom is 0.265 e. The summed E-state index contributed by atoms with van der Waals surface area (Å²) in [6.07, 6.45) is 0.399. The molecule has 0 bridgehead atoms. The minimum absolute atomic E-state index is 0.0170. The number of nitrogens with one attached hydrogen (secondary N) is 2. The molecule has 2 amide bonds. The molecule has 2 aliphatic heterocycles. The Morgan fingerprint density at radius 2 is 2.00 bits per heavy atom. The molecule has 0 aliphatic carbocycles. The average molecular weight is 274 g/mol. The summed E-state index contributed by atoms with van der Waals surface area (Å²) in [6, 6.07) is 5.35. The number of piperazine rings is 1. The fourth-order valence-electron chi connectivity index (χ4n) is 2.48. The van der Waals surface area contributed by atoms with Crippen LogP contribution >= 0.6 is 0 Å². The van der Waals surface area contributed by atoms with Crippen LogP contribution in [0.2, 0.25) is 0 Å². The molecule has 1 saturated heterocycles. The number of carbonyl (C=O) groups excluding carboxylic acids is 2. The predicted octanol–water partition coefficient (Wildman–Crippen LogP) is 0.0734. The molecule has 0 saturated carbocycles. The van der Waals surface area contributed by atoms with E-state index in [-0.39, 0.29) is 11.8 Å². The first-order valence-corrected chi connectivity index (χ1v) is 6.79.